The van der Waals surface area contributed by atoms with Crippen molar-refractivity contribution in [3.05, 3.63) is 29.3 Å². The maximum Gasteiger partial charge on any atom is 0.222 e. The number of carbonyl (C=O) groups excluding carboxylic acids is 1. The zero-order valence-electron chi connectivity index (χ0n) is 15.1. The van der Waals surface area contributed by atoms with Crippen LogP contribution >= 0.6 is 11.6 Å². The number of amides is 1. The second-order valence-corrected chi connectivity index (χ2v) is 7.39. The zero-order chi connectivity index (χ0) is 18.4. The lowest BCUT2D eigenvalue weighted by molar-refractivity contribution is -0.132. The summed E-state index contributed by atoms with van der Waals surface area (Å²) in [5, 5.41) is 10.9. The standard InChI is InChI=1S/C19H28ClN3O3/c20-16-2-1-3-17(14-16)22-6-8-23(9-7-22)19(25)5-4-18(24)15-21-10-12-26-13-11-21/h1-3,14,18,24H,4-13,15H2. The molecule has 2 aliphatic rings. The van der Waals surface area contributed by atoms with Gasteiger partial charge in [0.15, 0.2) is 0 Å². The molecule has 2 aliphatic heterocycles. The average molecular weight is 382 g/mol. The minimum Gasteiger partial charge on any atom is -0.392 e. The molecule has 2 fully saturated rings. The molecule has 1 unspecified atom stereocenters. The molecule has 1 aromatic carbocycles. The van der Waals surface area contributed by atoms with Crippen LogP contribution in [-0.4, -0.2) is 85.9 Å². The van der Waals surface area contributed by atoms with Crippen LogP contribution in [0.5, 0.6) is 0 Å². The van der Waals surface area contributed by atoms with Gasteiger partial charge in [-0.2, -0.15) is 0 Å². The highest BCUT2D eigenvalue weighted by Gasteiger charge is 2.22. The molecule has 1 amide bonds. The normalized spacial score (nSPS) is 20.2. The number of benzene rings is 1. The smallest absolute Gasteiger partial charge is 0.222 e. The van der Waals surface area contributed by atoms with Gasteiger partial charge >= 0.3 is 0 Å². The van der Waals surface area contributed by atoms with Crippen LogP contribution in [0, 0.1) is 0 Å². The first-order valence-corrected chi connectivity index (χ1v) is 9.76. The highest BCUT2D eigenvalue weighted by atomic mass is 35.5. The Morgan fingerprint density at radius 1 is 1.15 bits per heavy atom. The number of aliphatic hydroxyl groups excluding tert-OH is 1. The minimum absolute atomic E-state index is 0.136. The minimum atomic E-state index is -0.454. The molecule has 7 heteroatoms. The molecule has 1 aromatic rings. The van der Waals surface area contributed by atoms with E-state index in [-0.39, 0.29) is 5.91 Å². The van der Waals surface area contributed by atoms with Gasteiger partial charge in [0.25, 0.3) is 0 Å². The summed E-state index contributed by atoms with van der Waals surface area (Å²) in [5.74, 6) is 0.136. The molecular weight excluding hydrogens is 354 g/mol. The molecule has 1 atom stereocenters. The third-order valence-electron chi connectivity index (χ3n) is 5.07. The Labute approximate surface area is 160 Å². The van der Waals surface area contributed by atoms with Crippen molar-refractivity contribution in [3.63, 3.8) is 0 Å². The van der Waals surface area contributed by atoms with Gasteiger partial charge in [0.1, 0.15) is 0 Å². The molecule has 0 radical (unpaired) electrons. The summed E-state index contributed by atoms with van der Waals surface area (Å²) in [4.78, 5) is 18.8. The predicted molar refractivity (Wildman–Crippen MR) is 103 cm³/mol. The van der Waals surface area contributed by atoms with Crippen molar-refractivity contribution in [2.45, 2.75) is 18.9 Å². The molecule has 0 spiro atoms. The van der Waals surface area contributed by atoms with Gasteiger partial charge in [0.05, 0.1) is 19.3 Å². The third-order valence-corrected chi connectivity index (χ3v) is 5.30. The molecule has 0 aliphatic carbocycles. The van der Waals surface area contributed by atoms with Crippen molar-refractivity contribution in [3.8, 4) is 0 Å². The first-order chi connectivity index (χ1) is 12.6. The highest BCUT2D eigenvalue weighted by Crippen LogP contribution is 2.21. The molecule has 2 heterocycles. The Kier molecular flexibility index (Phi) is 7.14. The number of aliphatic hydroxyl groups is 1. The van der Waals surface area contributed by atoms with E-state index >= 15 is 0 Å². The van der Waals surface area contributed by atoms with Crippen molar-refractivity contribution < 1.29 is 14.6 Å². The molecule has 0 saturated carbocycles. The average Bonchev–Trinajstić information content (AvgIpc) is 2.67. The quantitative estimate of drug-likeness (QED) is 0.808. The lowest BCUT2D eigenvalue weighted by Crippen LogP contribution is -2.49. The molecule has 2 saturated heterocycles. The van der Waals surface area contributed by atoms with Gasteiger partial charge < -0.3 is 19.6 Å². The topological polar surface area (TPSA) is 56.2 Å². The summed E-state index contributed by atoms with van der Waals surface area (Å²) in [5.41, 5.74) is 1.10. The summed E-state index contributed by atoms with van der Waals surface area (Å²) in [6.45, 7) is 6.83. The number of β-amino-alcohol motifs (C(OH)–C–C–N with tert-alkyl or cyclic N) is 1. The number of ether oxygens (including phenoxy) is 1. The Bertz CT molecular complexity index is 587. The number of morpholine rings is 1. The Morgan fingerprint density at radius 3 is 2.58 bits per heavy atom. The van der Waals surface area contributed by atoms with E-state index in [1.807, 2.05) is 29.2 Å². The Hall–Kier alpha value is -1.34. The number of rotatable bonds is 6. The van der Waals surface area contributed by atoms with Gasteiger partial charge in [-0.1, -0.05) is 17.7 Å². The second kappa shape index (κ2) is 9.55. The van der Waals surface area contributed by atoms with Gasteiger partial charge in [-0.3, -0.25) is 9.69 Å². The van der Waals surface area contributed by atoms with E-state index < -0.39 is 6.10 Å². The van der Waals surface area contributed by atoms with Crippen molar-refractivity contribution in [1.29, 1.82) is 0 Å². The Morgan fingerprint density at radius 2 is 1.88 bits per heavy atom. The van der Waals surface area contributed by atoms with Crippen LogP contribution in [0.4, 0.5) is 5.69 Å². The summed E-state index contributed by atoms with van der Waals surface area (Å²) >= 11 is 6.06. The predicted octanol–water partition coefficient (Wildman–Crippen LogP) is 1.46. The molecule has 26 heavy (non-hydrogen) atoms. The molecule has 0 aromatic heterocycles. The summed E-state index contributed by atoms with van der Waals surface area (Å²) in [6, 6.07) is 7.82. The lowest BCUT2D eigenvalue weighted by Gasteiger charge is -2.36. The van der Waals surface area contributed by atoms with Crippen LogP contribution in [-0.2, 0) is 9.53 Å². The summed E-state index contributed by atoms with van der Waals surface area (Å²) in [6.07, 6.45) is 0.470. The van der Waals surface area contributed by atoms with E-state index in [1.54, 1.807) is 0 Å². The number of piperazine rings is 1. The fourth-order valence-corrected chi connectivity index (χ4v) is 3.69. The molecule has 3 rings (SSSR count). The number of halogens is 1. The zero-order valence-corrected chi connectivity index (χ0v) is 15.9. The van der Waals surface area contributed by atoms with Crippen molar-refractivity contribution in [2.75, 3.05) is 63.9 Å². The fourth-order valence-electron chi connectivity index (χ4n) is 3.51. The molecule has 144 valence electrons. The van der Waals surface area contributed by atoms with E-state index in [0.717, 1.165) is 50.1 Å². The highest BCUT2D eigenvalue weighted by molar-refractivity contribution is 6.30. The van der Waals surface area contributed by atoms with Crippen LogP contribution < -0.4 is 4.90 Å². The maximum atomic E-state index is 12.4. The monoisotopic (exact) mass is 381 g/mol. The van der Waals surface area contributed by atoms with Gasteiger partial charge in [0, 0.05) is 62.9 Å². The van der Waals surface area contributed by atoms with E-state index in [9.17, 15) is 9.90 Å². The van der Waals surface area contributed by atoms with Crippen LogP contribution in [0.3, 0.4) is 0 Å². The number of carbonyl (C=O) groups is 1. The van der Waals surface area contributed by atoms with Gasteiger partial charge in [-0.05, 0) is 24.6 Å². The van der Waals surface area contributed by atoms with E-state index in [2.05, 4.69) is 9.80 Å². The van der Waals surface area contributed by atoms with Crippen molar-refractivity contribution >= 4 is 23.2 Å². The molecular formula is C19H28ClN3O3. The van der Waals surface area contributed by atoms with Gasteiger partial charge in [0.2, 0.25) is 5.91 Å². The number of hydrogen-bond donors (Lipinski definition) is 1. The molecule has 6 nitrogen and oxygen atoms in total. The fraction of sp³-hybridized carbons (Fsp3) is 0.632. The molecule has 1 N–H and O–H groups in total. The molecule has 0 bridgehead atoms. The number of hydrogen-bond acceptors (Lipinski definition) is 5. The van der Waals surface area contributed by atoms with E-state index in [4.69, 9.17) is 16.3 Å². The lowest BCUT2D eigenvalue weighted by atomic mass is 10.1. The third kappa shape index (κ3) is 5.58. The van der Waals surface area contributed by atoms with Crippen molar-refractivity contribution in [1.82, 2.24) is 9.80 Å². The van der Waals surface area contributed by atoms with Gasteiger partial charge in [-0.25, -0.2) is 0 Å². The Balaban J connectivity index is 1.38. The van der Waals surface area contributed by atoms with Crippen LogP contribution in [0.25, 0.3) is 0 Å². The van der Waals surface area contributed by atoms with Gasteiger partial charge in [-0.15, -0.1) is 0 Å². The first kappa shape index (κ1) is 19.4. The maximum absolute atomic E-state index is 12.4. The van der Waals surface area contributed by atoms with E-state index in [1.165, 1.54) is 0 Å². The summed E-state index contributed by atoms with van der Waals surface area (Å²) < 4.78 is 5.31. The second-order valence-electron chi connectivity index (χ2n) is 6.95. The van der Waals surface area contributed by atoms with Crippen molar-refractivity contribution in [2.24, 2.45) is 0 Å². The van der Waals surface area contributed by atoms with Crippen LogP contribution in [0.1, 0.15) is 12.8 Å². The van der Waals surface area contributed by atoms with E-state index in [0.29, 0.717) is 32.5 Å². The first-order valence-electron chi connectivity index (χ1n) is 9.38. The SMILES string of the molecule is O=C(CCC(O)CN1CCOCC1)N1CCN(c2cccc(Cl)c2)CC1. The summed E-state index contributed by atoms with van der Waals surface area (Å²) in [7, 11) is 0. The number of nitrogens with zero attached hydrogens (tertiary/aromatic N) is 3. The largest absolute Gasteiger partial charge is 0.392 e. The van der Waals surface area contributed by atoms with Crippen LogP contribution in [0.15, 0.2) is 24.3 Å². The number of anilines is 1. The van der Waals surface area contributed by atoms with Crippen LogP contribution in [0.2, 0.25) is 5.02 Å².